The Labute approximate surface area is 149 Å². The lowest BCUT2D eigenvalue weighted by Crippen LogP contribution is -2.25. The van der Waals surface area contributed by atoms with Gasteiger partial charge >= 0.3 is 0 Å². The summed E-state index contributed by atoms with van der Waals surface area (Å²) in [5, 5.41) is 0. The Morgan fingerprint density at radius 1 is 1.20 bits per heavy atom. The topological polar surface area (TPSA) is 29.5 Å². The molecule has 5 heteroatoms. The third-order valence-electron chi connectivity index (χ3n) is 4.21. The van der Waals surface area contributed by atoms with Crippen molar-refractivity contribution < 1.29 is 13.9 Å². The van der Waals surface area contributed by atoms with Crippen LogP contribution in [0.5, 0.6) is 5.75 Å². The van der Waals surface area contributed by atoms with E-state index in [-0.39, 0.29) is 11.7 Å². The van der Waals surface area contributed by atoms with E-state index in [1.165, 1.54) is 23.5 Å². The second-order valence-corrected chi connectivity index (χ2v) is 7.09. The van der Waals surface area contributed by atoms with Crippen molar-refractivity contribution in [1.29, 1.82) is 0 Å². The Bertz CT molecular complexity index is 933. The number of halogens is 1. The molecule has 0 spiro atoms. The van der Waals surface area contributed by atoms with Crippen LogP contribution in [0.25, 0.3) is 10.4 Å². The molecule has 3 aromatic rings. The highest BCUT2D eigenvalue weighted by atomic mass is 32.1. The van der Waals surface area contributed by atoms with E-state index in [0.29, 0.717) is 18.0 Å². The number of carbonyl (C=O) groups is 1. The molecule has 1 amide bonds. The van der Waals surface area contributed by atoms with Gasteiger partial charge in [0.15, 0.2) is 0 Å². The smallest absolute Gasteiger partial charge is 0.263 e. The quantitative estimate of drug-likeness (QED) is 0.682. The molecule has 0 unspecified atom stereocenters. The predicted octanol–water partition coefficient (Wildman–Crippen LogP) is 4.72. The van der Waals surface area contributed by atoms with Crippen LogP contribution in [0.2, 0.25) is 0 Å². The number of hydrogen-bond donors (Lipinski definition) is 0. The van der Waals surface area contributed by atoms with E-state index in [9.17, 15) is 9.18 Å². The van der Waals surface area contributed by atoms with Crippen molar-refractivity contribution in [2.24, 2.45) is 0 Å². The zero-order chi connectivity index (χ0) is 17.4. The zero-order valence-electron chi connectivity index (χ0n) is 13.7. The molecule has 2 heterocycles. The summed E-state index contributed by atoms with van der Waals surface area (Å²) in [4.78, 5) is 16.2. The highest BCUT2D eigenvalue weighted by Crippen LogP contribution is 2.42. The molecule has 1 aromatic heterocycles. The molecule has 3 nitrogen and oxygen atoms in total. The second-order valence-electron chi connectivity index (χ2n) is 6.04. The molecule has 25 heavy (non-hydrogen) atoms. The lowest BCUT2D eigenvalue weighted by Gasteiger charge is -2.16. The zero-order valence-corrected chi connectivity index (χ0v) is 14.5. The van der Waals surface area contributed by atoms with Crippen molar-refractivity contribution in [3.63, 3.8) is 0 Å². The molecule has 0 radical (unpaired) electrons. The highest BCUT2D eigenvalue weighted by Gasteiger charge is 2.23. The Hall–Kier alpha value is -2.66. The van der Waals surface area contributed by atoms with Crippen molar-refractivity contribution in [3.8, 4) is 16.2 Å². The van der Waals surface area contributed by atoms with E-state index in [0.717, 1.165) is 27.3 Å². The van der Waals surface area contributed by atoms with Crippen LogP contribution in [0.15, 0.2) is 54.6 Å². The van der Waals surface area contributed by atoms with Gasteiger partial charge in [0.1, 0.15) is 18.2 Å². The summed E-state index contributed by atoms with van der Waals surface area (Å²) < 4.78 is 18.8. The molecular formula is C20H16FNO2S. The number of rotatable bonds is 3. The average molecular weight is 353 g/mol. The molecule has 0 bridgehead atoms. The molecule has 2 aromatic carbocycles. The molecule has 0 aliphatic carbocycles. The summed E-state index contributed by atoms with van der Waals surface area (Å²) >= 11 is 1.50. The van der Waals surface area contributed by atoms with Gasteiger partial charge in [-0.15, -0.1) is 11.3 Å². The first-order chi connectivity index (χ1) is 12.1. The fourth-order valence-electron chi connectivity index (χ4n) is 2.93. The Kier molecular flexibility index (Phi) is 4.01. The molecule has 0 saturated heterocycles. The summed E-state index contributed by atoms with van der Waals surface area (Å²) in [6.45, 7) is 0.923. The fourth-order valence-corrected chi connectivity index (χ4v) is 4.12. The third kappa shape index (κ3) is 3.03. The van der Waals surface area contributed by atoms with Gasteiger partial charge < -0.3 is 9.64 Å². The summed E-state index contributed by atoms with van der Waals surface area (Å²) in [5.41, 5.74) is 2.98. The molecule has 4 rings (SSSR count). The number of para-hydroxylation sites is 1. The molecular weight excluding hydrogens is 337 g/mol. The highest BCUT2D eigenvalue weighted by molar-refractivity contribution is 7.17. The van der Waals surface area contributed by atoms with Gasteiger partial charge in [0.25, 0.3) is 5.91 Å². The first-order valence-corrected chi connectivity index (χ1v) is 8.78. The van der Waals surface area contributed by atoms with Crippen molar-refractivity contribution in [3.05, 3.63) is 76.4 Å². The largest absolute Gasteiger partial charge is 0.488 e. The lowest BCUT2D eigenvalue weighted by molar-refractivity contribution is 0.0790. The second kappa shape index (κ2) is 6.33. The van der Waals surface area contributed by atoms with Gasteiger partial charge in [-0.2, -0.15) is 0 Å². The van der Waals surface area contributed by atoms with E-state index in [4.69, 9.17) is 4.74 Å². The minimum Gasteiger partial charge on any atom is -0.488 e. The predicted molar refractivity (Wildman–Crippen MR) is 96.3 cm³/mol. The Balaban J connectivity index is 1.57. The van der Waals surface area contributed by atoms with Gasteiger partial charge in [-0.3, -0.25) is 4.79 Å². The minimum atomic E-state index is -0.276. The van der Waals surface area contributed by atoms with E-state index in [1.54, 1.807) is 24.1 Å². The molecule has 126 valence electrons. The maximum atomic E-state index is 13.0. The first-order valence-electron chi connectivity index (χ1n) is 7.96. The van der Waals surface area contributed by atoms with Gasteiger partial charge in [0, 0.05) is 29.6 Å². The number of hydrogen-bond acceptors (Lipinski definition) is 3. The number of ether oxygens (including phenoxy) is 1. The molecule has 0 atom stereocenters. The summed E-state index contributed by atoms with van der Waals surface area (Å²) in [7, 11) is 1.76. The Morgan fingerprint density at radius 3 is 2.76 bits per heavy atom. The molecule has 1 aliphatic heterocycles. The lowest BCUT2D eigenvalue weighted by atomic mass is 10.1. The van der Waals surface area contributed by atoms with E-state index in [2.05, 4.69) is 0 Å². The van der Waals surface area contributed by atoms with Crippen LogP contribution in [0, 0.1) is 5.82 Å². The summed E-state index contributed by atoms with van der Waals surface area (Å²) in [6.07, 6.45) is 0. The van der Waals surface area contributed by atoms with Gasteiger partial charge in [0.05, 0.1) is 4.88 Å². The maximum Gasteiger partial charge on any atom is 0.263 e. The van der Waals surface area contributed by atoms with Gasteiger partial charge in [-0.05, 0) is 35.9 Å². The van der Waals surface area contributed by atoms with Gasteiger partial charge in [-0.1, -0.05) is 24.3 Å². The number of thiophene rings is 1. The van der Waals surface area contributed by atoms with Crippen molar-refractivity contribution in [1.82, 2.24) is 4.90 Å². The van der Waals surface area contributed by atoms with Crippen molar-refractivity contribution >= 4 is 17.2 Å². The number of nitrogens with zero attached hydrogens (tertiary/aromatic N) is 1. The number of amides is 1. The normalized spacial score (nSPS) is 12.1. The molecule has 1 aliphatic rings. The summed E-state index contributed by atoms with van der Waals surface area (Å²) in [5.74, 6) is 0.541. The van der Waals surface area contributed by atoms with Crippen LogP contribution < -0.4 is 4.74 Å². The number of fused-ring (bicyclic) bond motifs is 3. The van der Waals surface area contributed by atoms with Crippen LogP contribution in [-0.2, 0) is 13.2 Å². The molecule has 0 saturated carbocycles. The molecule has 0 fully saturated rings. The van der Waals surface area contributed by atoms with Crippen LogP contribution >= 0.6 is 11.3 Å². The van der Waals surface area contributed by atoms with Crippen molar-refractivity contribution in [2.75, 3.05) is 7.05 Å². The number of benzene rings is 2. The average Bonchev–Trinajstić information content (AvgIpc) is 3.07. The third-order valence-corrected chi connectivity index (χ3v) is 5.41. The first kappa shape index (κ1) is 15.8. The Morgan fingerprint density at radius 2 is 1.96 bits per heavy atom. The summed E-state index contributed by atoms with van der Waals surface area (Å²) in [6, 6.07) is 16.0. The SMILES string of the molecule is CN(Cc1ccc(F)cc1)C(=O)c1cc2c(s1)-c1ccccc1OC2. The van der Waals surface area contributed by atoms with Gasteiger partial charge in [0.2, 0.25) is 0 Å². The van der Waals surface area contributed by atoms with Crippen LogP contribution in [-0.4, -0.2) is 17.9 Å². The van der Waals surface area contributed by atoms with E-state index < -0.39 is 0 Å². The van der Waals surface area contributed by atoms with Crippen LogP contribution in [0.4, 0.5) is 4.39 Å². The molecule has 0 N–H and O–H groups in total. The fraction of sp³-hybridized carbons (Fsp3) is 0.150. The van der Waals surface area contributed by atoms with E-state index >= 15 is 0 Å². The number of carbonyl (C=O) groups excluding carboxylic acids is 1. The van der Waals surface area contributed by atoms with Crippen LogP contribution in [0.1, 0.15) is 20.8 Å². The maximum absolute atomic E-state index is 13.0. The monoisotopic (exact) mass is 353 g/mol. The van der Waals surface area contributed by atoms with Crippen LogP contribution in [0.3, 0.4) is 0 Å². The minimum absolute atomic E-state index is 0.0405. The van der Waals surface area contributed by atoms with Gasteiger partial charge in [-0.25, -0.2) is 4.39 Å². The van der Waals surface area contributed by atoms with E-state index in [1.807, 2.05) is 30.3 Å². The standard InChI is InChI=1S/C20H16FNO2S/c1-22(11-13-6-8-15(21)9-7-13)20(23)18-10-14-12-24-17-5-3-2-4-16(17)19(14)25-18/h2-10H,11-12H2,1H3. The van der Waals surface area contributed by atoms with Crippen molar-refractivity contribution in [2.45, 2.75) is 13.2 Å².